The van der Waals surface area contributed by atoms with Crippen LogP contribution in [0.5, 0.6) is 0 Å². The highest BCUT2D eigenvalue weighted by molar-refractivity contribution is 9.10. The summed E-state index contributed by atoms with van der Waals surface area (Å²) in [5, 5.41) is 0.692. The second kappa shape index (κ2) is 2.75. The van der Waals surface area contributed by atoms with Crippen LogP contribution in [0.1, 0.15) is 0 Å². The molecular formula is C9H5BrNO. The lowest BCUT2D eigenvalue weighted by Crippen LogP contribution is -1.99. The fourth-order valence-corrected chi connectivity index (χ4v) is 1.45. The molecule has 1 aromatic heterocycles. The Hall–Kier alpha value is -1.09. The maximum atomic E-state index is 11.2. The van der Waals surface area contributed by atoms with Crippen LogP contribution in [0.3, 0.4) is 0 Å². The number of hydrogen-bond donors (Lipinski definition) is 1. The highest BCUT2D eigenvalue weighted by Crippen LogP contribution is 2.14. The number of halogens is 1. The minimum absolute atomic E-state index is 0.00347. The van der Waals surface area contributed by atoms with E-state index in [1.54, 1.807) is 6.07 Å². The van der Waals surface area contributed by atoms with Gasteiger partial charge in [0.2, 0.25) is 0 Å². The third-order valence-corrected chi connectivity index (χ3v) is 2.15. The summed E-state index contributed by atoms with van der Waals surface area (Å²) in [5.41, 5.74) is 0.799. The number of H-pyrrole nitrogens is 1. The first-order valence-corrected chi connectivity index (χ1v) is 4.25. The van der Waals surface area contributed by atoms with Gasteiger partial charge in [-0.2, -0.15) is 0 Å². The number of pyridine rings is 1. The molecule has 0 saturated carbocycles. The summed E-state index contributed by atoms with van der Waals surface area (Å²) < 4.78 is 0.949. The van der Waals surface area contributed by atoms with Crippen LogP contribution in [0.4, 0.5) is 0 Å². The monoisotopic (exact) mass is 222 g/mol. The molecule has 0 bridgehead atoms. The Kier molecular flexibility index (Phi) is 1.73. The SMILES string of the molecule is O=c1c[c][nH]c2cc(Br)ccc12. The van der Waals surface area contributed by atoms with E-state index in [1.165, 1.54) is 6.07 Å². The van der Waals surface area contributed by atoms with Gasteiger partial charge in [0.15, 0.2) is 5.43 Å². The van der Waals surface area contributed by atoms with Crippen molar-refractivity contribution in [2.45, 2.75) is 0 Å². The van der Waals surface area contributed by atoms with Gasteiger partial charge in [0.1, 0.15) is 0 Å². The smallest absolute Gasteiger partial charge is 0.190 e. The minimum atomic E-state index is -0.00347. The Balaban J connectivity index is 2.96. The van der Waals surface area contributed by atoms with Gasteiger partial charge in [-0.05, 0) is 18.2 Å². The maximum Gasteiger partial charge on any atom is 0.190 e. The average Bonchev–Trinajstić information content (AvgIpc) is 2.04. The number of aromatic nitrogens is 1. The molecular weight excluding hydrogens is 218 g/mol. The van der Waals surface area contributed by atoms with Crippen molar-refractivity contribution in [3.63, 3.8) is 0 Å². The molecule has 1 aromatic carbocycles. The molecule has 1 heterocycles. The second-order valence-electron chi connectivity index (χ2n) is 2.47. The normalized spacial score (nSPS) is 10.4. The van der Waals surface area contributed by atoms with Crippen molar-refractivity contribution in [1.82, 2.24) is 4.98 Å². The van der Waals surface area contributed by atoms with Gasteiger partial charge in [0.05, 0.1) is 11.7 Å². The molecule has 0 atom stereocenters. The van der Waals surface area contributed by atoms with Gasteiger partial charge in [-0.3, -0.25) is 4.79 Å². The fraction of sp³-hybridized carbons (Fsp3) is 0. The molecule has 2 nitrogen and oxygen atoms in total. The Morgan fingerprint density at radius 2 is 2.25 bits per heavy atom. The summed E-state index contributed by atoms with van der Waals surface area (Å²) in [7, 11) is 0. The topological polar surface area (TPSA) is 32.9 Å². The highest BCUT2D eigenvalue weighted by atomic mass is 79.9. The first-order chi connectivity index (χ1) is 5.77. The van der Waals surface area contributed by atoms with Crippen LogP contribution in [0, 0.1) is 6.20 Å². The molecule has 1 radical (unpaired) electrons. The molecule has 0 unspecified atom stereocenters. The van der Waals surface area contributed by atoms with Crippen molar-refractivity contribution in [3.8, 4) is 0 Å². The molecule has 0 aliphatic rings. The molecule has 0 amide bonds. The van der Waals surface area contributed by atoms with Crippen molar-refractivity contribution >= 4 is 26.8 Å². The Labute approximate surface area is 77.4 Å². The Bertz CT molecular complexity index is 475. The van der Waals surface area contributed by atoms with Crippen molar-refractivity contribution < 1.29 is 0 Å². The molecule has 59 valence electrons. The quantitative estimate of drug-likeness (QED) is 0.728. The van der Waals surface area contributed by atoms with Gasteiger partial charge in [-0.15, -0.1) is 0 Å². The van der Waals surface area contributed by atoms with Crippen molar-refractivity contribution in [2.24, 2.45) is 0 Å². The van der Waals surface area contributed by atoms with Crippen molar-refractivity contribution in [1.29, 1.82) is 0 Å². The van der Waals surface area contributed by atoms with E-state index in [1.807, 2.05) is 12.1 Å². The third-order valence-electron chi connectivity index (χ3n) is 1.66. The standard InChI is InChI=1S/C9H5BrNO/c10-6-1-2-7-8(5-6)11-4-3-9(7)12/h1-3,5H,(H,11,12). The lowest BCUT2D eigenvalue weighted by atomic mass is 10.2. The molecule has 2 rings (SSSR count). The van der Waals surface area contributed by atoms with Crippen LogP contribution < -0.4 is 5.43 Å². The second-order valence-corrected chi connectivity index (χ2v) is 3.38. The predicted molar refractivity (Wildman–Crippen MR) is 51.1 cm³/mol. The van der Waals surface area contributed by atoms with Gasteiger partial charge in [-0.25, -0.2) is 0 Å². The van der Waals surface area contributed by atoms with E-state index in [4.69, 9.17) is 0 Å². The van der Waals surface area contributed by atoms with E-state index >= 15 is 0 Å². The predicted octanol–water partition coefficient (Wildman–Crippen LogP) is 2.09. The van der Waals surface area contributed by atoms with Crippen molar-refractivity contribution in [2.75, 3.05) is 0 Å². The van der Waals surface area contributed by atoms with Crippen LogP contribution in [0.25, 0.3) is 10.9 Å². The van der Waals surface area contributed by atoms with E-state index in [-0.39, 0.29) is 5.43 Å². The van der Waals surface area contributed by atoms with E-state index in [0.717, 1.165) is 9.99 Å². The number of benzene rings is 1. The van der Waals surface area contributed by atoms with Crippen molar-refractivity contribution in [3.05, 3.63) is 45.2 Å². The fourth-order valence-electron chi connectivity index (χ4n) is 1.09. The number of rotatable bonds is 0. The zero-order chi connectivity index (χ0) is 8.55. The van der Waals surface area contributed by atoms with Gasteiger partial charge >= 0.3 is 0 Å². The molecule has 0 aliphatic heterocycles. The van der Waals surface area contributed by atoms with Crippen LogP contribution in [0.15, 0.2) is 33.5 Å². The average molecular weight is 223 g/mol. The lowest BCUT2D eigenvalue weighted by molar-refractivity contribution is 1.37. The Morgan fingerprint density at radius 3 is 3.08 bits per heavy atom. The molecule has 0 saturated heterocycles. The minimum Gasteiger partial charge on any atom is -0.353 e. The van der Waals surface area contributed by atoms with Crippen LogP contribution in [0.2, 0.25) is 0 Å². The molecule has 0 spiro atoms. The van der Waals surface area contributed by atoms with Gasteiger partial charge < -0.3 is 4.98 Å². The zero-order valence-corrected chi connectivity index (χ0v) is 7.68. The summed E-state index contributed by atoms with van der Waals surface area (Å²) in [5.74, 6) is 0. The zero-order valence-electron chi connectivity index (χ0n) is 6.10. The molecule has 2 aromatic rings. The van der Waals surface area contributed by atoms with Crippen LogP contribution in [-0.2, 0) is 0 Å². The largest absolute Gasteiger partial charge is 0.353 e. The summed E-state index contributed by atoms with van der Waals surface area (Å²) in [6, 6.07) is 6.88. The number of aromatic amines is 1. The van der Waals surface area contributed by atoms with Gasteiger partial charge in [0.25, 0.3) is 0 Å². The number of fused-ring (bicyclic) bond motifs is 1. The maximum absolute atomic E-state index is 11.2. The van der Waals surface area contributed by atoms with E-state index in [9.17, 15) is 4.79 Å². The van der Waals surface area contributed by atoms with Gasteiger partial charge in [0, 0.05) is 15.9 Å². The summed E-state index contributed by atoms with van der Waals surface area (Å²) in [6.07, 6.45) is 2.67. The summed E-state index contributed by atoms with van der Waals surface area (Å²) >= 11 is 3.32. The van der Waals surface area contributed by atoms with E-state index in [0.29, 0.717) is 5.39 Å². The number of hydrogen-bond acceptors (Lipinski definition) is 1. The first kappa shape index (κ1) is 7.55. The third kappa shape index (κ3) is 1.16. The van der Waals surface area contributed by atoms with E-state index < -0.39 is 0 Å². The Morgan fingerprint density at radius 1 is 1.42 bits per heavy atom. The first-order valence-electron chi connectivity index (χ1n) is 3.46. The highest BCUT2D eigenvalue weighted by Gasteiger charge is 1.96. The van der Waals surface area contributed by atoms with Gasteiger partial charge in [-0.1, -0.05) is 15.9 Å². The van der Waals surface area contributed by atoms with Crippen LogP contribution >= 0.6 is 15.9 Å². The molecule has 12 heavy (non-hydrogen) atoms. The molecule has 3 heteroatoms. The number of nitrogens with one attached hydrogen (secondary N) is 1. The van der Waals surface area contributed by atoms with Crippen LogP contribution in [-0.4, -0.2) is 4.98 Å². The molecule has 1 N–H and O–H groups in total. The molecule has 0 fully saturated rings. The molecule has 0 aliphatic carbocycles. The lowest BCUT2D eigenvalue weighted by Gasteiger charge is -1.95. The summed E-state index contributed by atoms with van der Waals surface area (Å²) in [4.78, 5) is 14.1. The summed E-state index contributed by atoms with van der Waals surface area (Å²) in [6.45, 7) is 0. The van der Waals surface area contributed by atoms with E-state index in [2.05, 4.69) is 27.1 Å².